The zero-order valence-electron chi connectivity index (χ0n) is 27.2. The Labute approximate surface area is 296 Å². The quantitative estimate of drug-likeness (QED) is 0.187. The number of furan rings is 1. The second-order valence-electron chi connectivity index (χ2n) is 12.9. The van der Waals surface area contributed by atoms with Crippen LogP contribution in [0.4, 0.5) is 0 Å². The molecule has 0 saturated carbocycles. The Balaban J connectivity index is 1.29. The standard InChI is InChI=1S/C46H27N3OS/c1-3-13-28(14-4-1)37-27-38(29-15-5-2-6-16-29)48-46(47-37)36-26-30(49-39-20-10-7-17-31(39)32-18-8-11-21-40(32)49)25-35-43-42(51-45(35)36)24-23-34-33-19-9-12-22-41(33)50-44(34)43/h1-27H. The maximum absolute atomic E-state index is 6.67. The molecule has 11 aromatic rings. The van der Waals surface area contributed by atoms with Gasteiger partial charge in [-0.1, -0.05) is 115 Å². The van der Waals surface area contributed by atoms with Crippen LogP contribution in [-0.4, -0.2) is 14.5 Å². The molecule has 11 rings (SSSR count). The van der Waals surface area contributed by atoms with E-state index in [1.165, 1.54) is 15.5 Å². The largest absolute Gasteiger partial charge is 0.455 e. The molecule has 0 fully saturated rings. The molecule has 0 spiro atoms. The molecular weight excluding hydrogens is 643 g/mol. The second kappa shape index (κ2) is 11.0. The zero-order chi connectivity index (χ0) is 33.5. The summed E-state index contributed by atoms with van der Waals surface area (Å²) in [4.78, 5) is 10.7. The van der Waals surface area contributed by atoms with Gasteiger partial charge in [0.1, 0.15) is 11.2 Å². The van der Waals surface area contributed by atoms with Crippen LogP contribution in [0.5, 0.6) is 0 Å². The van der Waals surface area contributed by atoms with Gasteiger partial charge in [0.2, 0.25) is 0 Å². The highest BCUT2D eigenvalue weighted by Crippen LogP contribution is 2.46. The van der Waals surface area contributed by atoms with Crippen LogP contribution in [0.2, 0.25) is 0 Å². The Morgan fingerprint density at radius 1 is 0.490 bits per heavy atom. The van der Waals surface area contributed by atoms with E-state index in [0.717, 1.165) is 82.2 Å². The molecule has 0 unspecified atom stereocenters. The summed E-state index contributed by atoms with van der Waals surface area (Å²) in [6, 6.07) is 57.6. The van der Waals surface area contributed by atoms with Gasteiger partial charge in [-0.25, -0.2) is 9.97 Å². The van der Waals surface area contributed by atoms with Gasteiger partial charge in [0.05, 0.1) is 22.4 Å². The van der Waals surface area contributed by atoms with Crippen LogP contribution in [0.3, 0.4) is 0 Å². The van der Waals surface area contributed by atoms with E-state index < -0.39 is 0 Å². The fourth-order valence-corrected chi connectivity index (χ4v) is 8.90. The highest BCUT2D eigenvalue weighted by atomic mass is 32.1. The first-order valence-corrected chi connectivity index (χ1v) is 17.9. The zero-order valence-corrected chi connectivity index (χ0v) is 28.1. The molecule has 4 heterocycles. The minimum absolute atomic E-state index is 0.690. The summed E-state index contributed by atoms with van der Waals surface area (Å²) in [5.74, 6) is 0.690. The van der Waals surface area contributed by atoms with E-state index in [0.29, 0.717) is 5.82 Å². The lowest BCUT2D eigenvalue weighted by Crippen LogP contribution is -1.99. The van der Waals surface area contributed by atoms with Crippen LogP contribution >= 0.6 is 11.3 Å². The number of thiophene rings is 1. The summed E-state index contributed by atoms with van der Waals surface area (Å²) in [5.41, 5.74) is 10.0. The third-order valence-electron chi connectivity index (χ3n) is 10.0. The summed E-state index contributed by atoms with van der Waals surface area (Å²) in [6.45, 7) is 0. The third-order valence-corrected chi connectivity index (χ3v) is 11.2. The number of para-hydroxylation sites is 3. The number of nitrogens with zero attached hydrogens (tertiary/aromatic N) is 3. The van der Waals surface area contributed by atoms with Crippen molar-refractivity contribution in [2.45, 2.75) is 0 Å². The highest BCUT2D eigenvalue weighted by Gasteiger charge is 2.22. The Bertz CT molecular complexity index is 3030. The Hall–Kier alpha value is -6.56. The van der Waals surface area contributed by atoms with Crippen LogP contribution < -0.4 is 0 Å². The molecule has 7 aromatic carbocycles. The predicted molar refractivity (Wildman–Crippen MR) is 213 cm³/mol. The van der Waals surface area contributed by atoms with Crippen molar-refractivity contribution in [1.29, 1.82) is 0 Å². The molecular formula is C46H27N3OS. The molecule has 0 radical (unpaired) electrons. The maximum Gasteiger partial charge on any atom is 0.161 e. The van der Waals surface area contributed by atoms with E-state index >= 15 is 0 Å². The van der Waals surface area contributed by atoms with Gasteiger partial charge in [0.15, 0.2) is 5.82 Å². The van der Waals surface area contributed by atoms with Crippen molar-refractivity contribution in [2.75, 3.05) is 0 Å². The average Bonchev–Trinajstić information content (AvgIpc) is 3.87. The predicted octanol–water partition coefficient (Wildman–Crippen LogP) is 12.8. The van der Waals surface area contributed by atoms with E-state index in [4.69, 9.17) is 14.4 Å². The van der Waals surface area contributed by atoms with E-state index in [2.05, 4.69) is 150 Å². The first kappa shape index (κ1) is 28.3. The van der Waals surface area contributed by atoms with E-state index in [1.807, 2.05) is 18.2 Å². The summed E-state index contributed by atoms with van der Waals surface area (Å²) >= 11 is 1.78. The van der Waals surface area contributed by atoms with E-state index in [-0.39, 0.29) is 0 Å². The van der Waals surface area contributed by atoms with E-state index in [9.17, 15) is 0 Å². The molecule has 51 heavy (non-hydrogen) atoms. The van der Waals surface area contributed by atoms with Crippen LogP contribution in [0.1, 0.15) is 0 Å². The van der Waals surface area contributed by atoms with E-state index in [1.54, 1.807) is 11.3 Å². The molecule has 0 aliphatic carbocycles. The Morgan fingerprint density at radius 2 is 1.08 bits per heavy atom. The smallest absolute Gasteiger partial charge is 0.161 e. The van der Waals surface area contributed by atoms with Crippen molar-refractivity contribution >= 4 is 75.3 Å². The lowest BCUT2D eigenvalue weighted by atomic mass is 10.0. The SMILES string of the molecule is c1ccc(-c2cc(-c3ccccc3)nc(-c3cc(-n4c5ccccc5c5ccccc54)cc4c3sc3ccc5c6ccccc6oc5c34)n2)cc1. The summed E-state index contributed by atoms with van der Waals surface area (Å²) in [6.07, 6.45) is 0. The van der Waals surface area contributed by atoms with Crippen LogP contribution in [0.15, 0.2) is 168 Å². The minimum Gasteiger partial charge on any atom is -0.455 e. The van der Waals surface area contributed by atoms with Gasteiger partial charge >= 0.3 is 0 Å². The lowest BCUT2D eigenvalue weighted by molar-refractivity contribution is 0.673. The maximum atomic E-state index is 6.67. The molecule has 0 atom stereocenters. The van der Waals surface area contributed by atoms with Gasteiger partial charge in [0, 0.05) is 64.1 Å². The van der Waals surface area contributed by atoms with Gasteiger partial charge in [-0.15, -0.1) is 11.3 Å². The molecule has 0 amide bonds. The van der Waals surface area contributed by atoms with Crippen LogP contribution in [0, 0.1) is 0 Å². The van der Waals surface area contributed by atoms with Gasteiger partial charge in [-0.2, -0.15) is 0 Å². The summed E-state index contributed by atoms with van der Waals surface area (Å²) < 4.78 is 11.4. The molecule has 0 bridgehead atoms. The van der Waals surface area contributed by atoms with Gasteiger partial charge < -0.3 is 8.98 Å². The highest BCUT2D eigenvalue weighted by molar-refractivity contribution is 7.26. The Kier molecular flexibility index (Phi) is 6.09. The molecule has 4 nitrogen and oxygen atoms in total. The first-order valence-electron chi connectivity index (χ1n) is 17.1. The van der Waals surface area contributed by atoms with Crippen LogP contribution in [0.25, 0.3) is 104 Å². The third kappa shape index (κ3) is 4.32. The van der Waals surface area contributed by atoms with Crippen molar-refractivity contribution < 1.29 is 4.42 Å². The lowest BCUT2D eigenvalue weighted by Gasteiger charge is -2.13. The number of aromatic nitrogens is 3. The van der Waals surface area contributed by atoms with Crippen molar-refractivity contribution in [3.63, 3.8) is 0 Å². The number of rotatable bonds is 4. The number of fused-ring (bicyclic) bond motifs is 10. The molecule has 0 N–H and O–H groups in total. The van der Waals surface area contributed by atoms with Crippen molar-refractivity contribution in [1.82, 2.24) is 14.5 Å². The number of hydrogen-bond acceptors (Lipinski definition) is 4. The summed E-state index contributed by atoms with van der Waals surface area (Å²) in [7, 11) is 0. The fraction of sp³-hybridized carbons (Fsp3) is 0. The monoisotopic (exact) mass is 669 g/mol. The molecule has 0 saturated heterocycles. The van der Waals surface area contributed by atoms with Gasteiger partial charge in [-0.05, 0) is 48.5 Å². The summed E-state index contributed by atoms with van der Waals surface area (Å²) in [5, 5.41) is 6.94. The number of hydrogen-bond donors (Lipinski definition) is 0. The topological polar surface area (TPSA) is 43.9 Å². The molecule has 238 valence electrons. The molecule has 0 aliphatic rings. The molecule has 5 heteroatoms. The molecule has 0 aliphatic heterocycles. The minimum atomic E-state index is 0.690. The number of benzene rings is 7. The average molecular weight is 670 g/mol. The van der Waals surface area contributed by atoms with Crippen molar-refractivity contribution in [3.8, 4) is 39.6 Å². The fourth-order valence-electron chi connectivity index (χ4n) is 7.71. The second-order valence-corrected chi connectivity index (χ2v) is 14.0. The molecule has 4 aromatic heterocycles. The van der Waals surface area contributed by atoms with Gasteiger partial charge in [-0.3, -0.25) is 0 Å². The van der Waals surface area contributed by atoms with Gasteiger partial charge in [0.25, 0.3) is 0 Å². The van der Waals surface area contributed by atoms with Crippen molar-refractivity contribution in [2.24, 2.45) is 0 Å². The normalized spacial score (nSPS) is 11.9. The van der Waals surface area contributed by atoms with Crippen LogP contribution in [-0.2, 0) is 0 Å². The first-order chi connectivity index (χ1) is 25.3. The Morgan fingerprint density at radius 3 is 1.75 bits per heavy atom. The van der Waals surface area contributed by atoms with Crippen molar-refractivity contribution in [3.05, 3.63) is 164 Å².